The molecule has 0 saturated carbocycles. The zero-order valence-corrected chi connectivity index (χ0v) is 19.2. The molecule has 9 nitrogen and oxygen atoms in total. The number of guanidine groups is 1. The maximum Gasteiger partial charge on any atom is 0.284 e. The number of nitrogens with zero attached hydrogens (tertiary/aromatic N) is 5. The van der Waals surface area contributed by atoms with Crippen LogP contribution in [-0.2, 0) is 13.0 Å². The predicted molar refractivity (Wildman–Crippen MR) is 132 cm³/mol. The number of carbonyl (C=O) groups is 1. The Morgan fingerprint density at radius 1 is 1.21 bits per heavy atom. The first kappa shape index (κ1) is 22.1. The summed E-state index contributed by atoms with van der Waals surface area (Å²) in [4.78, 5) is 26.2. The quantitative estimate of drug-likeness (QED) is 0.236. The number of nitriles is 1. The molecule has 0 aliphatic carbocycles. The Balaban J connectivity index is 1.47. The molecule has 1 amide bonds. The van der Waals surface area contributed by atoms with E-state index in [9.17, 15) is 10.1 Å². The fourth-order valence-corrected chi connectivity index (χ4v) is 4.48. The van der Waals surface area contributed by atoms with Crippen LogP contribution in [-0.4, -0.2) is 42.4 Å². The van der Waals surface area contributed by atoms with Crippen LogP contribution in [0.15, 0.2) is 53.5 Å². The van der Waals surface area contributed by atoms with Gasteiger partial charge in [0.25, 0.3) is 5.91 Å². The molecule has 33 heavy (non-hydrogen) atoms. The number of hydrogen-bond acceptors (Lipinski definition) is 7. The number of benzene rings is 2. The minimum Gasteiger partial charge on any atom is -0.397 e. The number of aromatic nitrogens is 1. The number of rotatable bonds is 4. The van der Waals surface area contributed by atoms with Crippen LogP contribution in [0.25, 0.3) is 0 Å². The highest BCUT2D eigenvalue weighted by Gasteiger charge is 2.25. The number of nitrogens with two attached hydrogens (primary N) is 1. The van der Waals surface area contributed by atoms with Crippen molar-refractivity contribution in [2.45, 2.75) is 13.0 Å². The van der Waals surface area contributed by atoms with E-state index in [2.05, 4.69) is 20.6 Å². The van der Waals surface area contributed by atoms with Gasteiger partial charge in [-0.2, -0.15) is 5.26 Å². The first-order valence-electron chi connectivity index (χ1n) is 10.3. The Morgan fingerprint density at radius 2 is 1.97 bits per heavy atom. The van der Waals surface area contributed by atoms with E-state index in [1.807, 2.05) is 66.5 Å². The summed E-state index contributed by atoms with van der Waals surface area (Å²) in [6.45, 7) is 1.14. The molecule has 0 saturated heterocycles. The van der Waals surface area contributed by atoms with E-state index in [1.165, 1.54) is 11.3 Å². The van der Waals surface area contributed by atoms with Crippen LogP contribution in [0.5, 0.6) is 0 Å². The van der Waals surface area contributed by atoms with E-state index >= 15 is 0 Å². The SMILES string of the molecule is CN(C)c1ccc(N/C(=N\C#N)N2CCc3nc(C(=O)Nc4ccccc4N)sc3C2)cc1. The lowest BCUT2D eigenvalue weighted by atomic mass is 10.2. The van der Waals surface area contributed by atoms with Crippen LogP contribution >= 0.6 is 11.3 Å². The zero-order chi connectivity index (χ0) is 23.4. The Hall–Kier alpha value is -4.10. The van der Waals surface area contributed by atoms with Gasteiger partial charge < -0.3 is 26.2 Å². The molecule has 3 aromatic rings. The predicted octanol–water partition coefficient (Wildman–Crippen LogP) is 3.35. The highest BCUT2D eigenvalue weighted by Crippen LogP contribution is 2.27. The number of amides is 1. The van der Waals surface area contributed by atoms with Crippen LogP contribution in [0, 0.1) is 11.5 Å². The van der Waals surface area contributed by atoms with Crippen molar-refractivity contribution in [3.8, 4) is 6.19 Å². The van der Waals surface area contributed by atoms with Gasteiger partial charge in [0, 0.05) is 43.3 Å². The van der Waals surface area contributed by atoms with Gasteiger partial charge >= 0.3 is 0 Å². The van der Waals surface area contributed by atoms with Crippen LogP contribution in [0.4, 0.5) is 22.7 Å². The van der Waals surface area contributed by atoms with Gasteiger partial charge in [-0.05, 0) is 36.4 Å². The van der Waals surface area contributed by atoms with Crippen LogP contribution < -0.4 is 21.3 Å². The normalized spacial score (nSPS) is 13.1. The molecule has 1 aliphatic heterocycles. The van der Waals surface area contributed by atoms with Gasteiger partial charge in [-0.25, -0.2) is 4.98 Å². The summed E-state index contributed by atoms with van der Waals surface area (Å²) < 4.78 is 0. The topological polar surface area (TPSA) is 123 Å². The van der Waals surface area contributed by atoms with Crippen LogP contribution in [0.3, 0.4) is 0 Å². The van der Waals surface area contributed by atoms with Gasteiger partial charge in [0.15, 0.2) is 5.01 Å². The van der Waals surface area contributed by atoms with Crippen LogP contribution in [0.1, 0.15) is 20.4 Å². The molecule has 4 N–H and O–H groups in total. The first-order valence-corrected chi connectivity index (χ1v) is 11.2. The number of carbonyl (C=O) groups excluding carboxylic acids is 1. The lowest BCUT2D eigenvalue weighted by Crippen LogP contribution is -2.39. The fourth-order valence-electron chi connectivity index (χ4n) is 3.46. The molecule has 0 fully saturated rings. The van der Waals surface area contributed by atoms with Crippen molar-refractivity contribution in [1.82, 2.24) is 9.88 Å². The minimum atomic E-state index is -0.288. The average Bonchev–Trinajstić information content (AvgIpc) is 3.24. The van der Waals surface area contributed by atoms with Gasteiger partial charge in [0.05, 0.1) is 23.6 Å². The number of fused-ring (bicyclic) bond motifs is 1. The van der Waals surface area contributed by atoms with Crippen molar-refractivity contribution in [2.75, 3.05) is 41.9 Å². The lowest BCUT2D eigenvalue weighted by Gasteiger charge is -2.29. The van der Waals surface area contributed by atoms with Crippen molar-refractivity contribution in [3.63, 3.8) is 0 Å². The van der Waals surface area contributed by atoms with Gasteiger partial charge in [-0.15, -0.1) is 16.3 Å². The number of hydrogen-bond donors (Lipinski definition) is 3. The van der Waals surface area contributed by atoms with E-state index in [-0.39, 0.29) is 5.91 Å². The van der Waals surface area contributed by atoms with Gasteiger partial charge in [0.2, 0.25) is 12.2 Å². The maximum absolute atomic E-state index is 12.7. The van der Waals surface area contributed by atoms with Gasteiger partial charge in [-0.3, -0.25) is 4.79 Å². The molecular formula is C23H24N8OS. The van der Waals surface area contributed by atoms with Crippen molar-refractivity contribution >= 4 is 46.0 Å². The Labute approximate surface area is 196 Å². The van der Waals surface area contributed by atoms with Gasteiger partial charge in [0.1, 0.15) is 0 Å². The molecule has 1 aliphatic rings. The summed E-state index contributed by atoms with van der Waals surface area (Å²) in [5.74, 6) is 0.182. The Bertz CT molecular complexity index is 1230. The minimum absolute atomic E-state index is 0.288. The Kier molecular flexibility index (Phi) is 6.42. The Morgan fingerprint density at radius 3 is 2.67 bits per heavy atom. The number of para-hydroxylation sites is 2. The molecule has 0 radical (unpaired) electrons. The molecule has 4 rings (SSSR count). The van der Waals surface area contributed by atoms with Crippen molar-refractivity contribution < 1.29 is 4.79 Å². The third-order valence-electron chi connectivity index (χ3n) is 5.23. The fraction of sp³-hybridized carbons (Fsp3) is 0.217. The first-order chi connectivity index (χ1) is 15.9. The number of aliphatic imine (C=N–C) groups is 1. The lowest BCUT2D eigenvalue weighted by molar-refractivity contribution is 0.102. The van der Waals surface area contributed by atoms with E-state index < -0.39 is 0 Å². The molecule has 0 bridgehead atoms. The summed E-state index contributed by atoms with van der Waals surface area (Å²) in [6, 6.07) is 15.0. The van der Waals surface area contributed by atoms with E-state index in [0.717, 1.165) is 21.9 Å². The molecular weight excluding hydrogens is 436 g/mol. The molecule has 2 aromatic carbocycles. The summed E-state index contributed by atoms with van der Waals surface area (Å²) in [5.41, 5.74) is 9.80. The molecule has 10 heteroatoms. The number of thiazole rings is 1. The zero-order valence-electron chi connectivity index (χ0n) is 18.4. The molecule has 0 atom stereocenters. The molecule has 1 aromatic heterocycles. The number of anilines is 4. The van der Waals surface area contributed by atoms with Crippen molar-refractivity contribution in [3.05, 3.63) is 64.1 Å². The maximum atomic E-state index is 12.7. The van der Waals surface area contributed by atoms with Crippen molar-refractivity contribution in [1.29, 1.82) is 5.26 Å². The molecule has 0 spiro atoms. The van der Waals surface area contributed by atoms with E-state index in [1.54, 1.807) is 12.1 Å². The van der Waals surface area contributed by atoms with Crippen LogP contribution in [0.2, 0.25) is 0 Å². The van der Waals surface area contributed by atoms with E-state index in [4.69, 9.17) is 5.73 Å². The smallest absolute Gasteiger partial charge is 0.284 e. The third kappa shape index (κ3) is 5.05. The largest absolute Gasteiger partial charge is 0.397 e. The van der Waals surface area contributed by atoms with Crippen molar-refractivity contribution in [2.24, 2.45) is 4.99 Å². The third-order valence-corrected chi connectivity index (χ3v) is 6.31. The second-order valence-corrected chi connectivity index (χ2v) is 8.79. The highest BCUT2D eigenvalue weighted by atomic mass is 32.1. The number of nitrogens with one attached hydrogen (secondary N) is 2. The molecule has 2 heterocycles. The standard InChI is InChI=1S/C23H24N8OS/c1-30(2)16-9-7-15(8-10-16)27-23(26-14-24)31-12-11-19-20(13-31)33-22(29-19)21(32)28-18-6-4-3-5-17(18)25/h3-10H,11-13,25H2,1-2H3,(H,26,27)(H,28,32). The average molecular weight is 461 g/mol. The molecule has 168 valence electrons. The van der Waals surface area contributed by atoms with Gasteiger partial charge in [-0.1, -0.05) is 12.1 Å². The summed E-state index contributed by atoms with van der Waals surface area (Å²) in [5, 5.41) is 15.7. The monoisotopic (exact) mass is 460 g/mol. The molecule has 0 unspecified atom stereocenters. The summed E-state index contributed by atoms with van der Waals surface area (Å²) >= 11 is 1.34. The van der Waals surface area contributed by atoms with E-state index in [0.29, 0.717) is 41.9 Å². The second-order valence-electron chi connectivity index (χ2n) is 7.70. The second kappa shape index (κ2) is 9.58. The summed E-state index contributed by atoms with van der Waals surface area (Å²) in [6.07, 6.45) is 2.53. The highest BCUT2D eigenvalue weighted by molar-refractivity contribution is 7.13. The number of nitrogen functional groups attached to an aromatic ring is 1. The summed E-state index contributed by atoms with van der Waals surface area (Å²) in [7, 11) is 3.96.